The number of carbonyl (C=O) groups is 2. The summed E-state index contributed by atoms with van der Waals surface area (Å²) in [5.41, 5.74) is 3.89. The minimum Gasteiger partial charge on any atom is -0.493 e. The van der Waals surface area contributed by atoms with Gasteiger partial charge in [0.15, 0.2) is 11.5 Å². The average Bonchev–Trinajstić information content (AvgIpc) is 2.93. The van der Waals surface area contributed by atoms with Gasteiger partial charge in [0, 0.05) is 19.7 Å². The summed E-state index contributed by atoms with van der Waals surface area (Å²) in [6.45, 7) is 6.90. The lowest BCUT2D eigenvalue weighted by molar-refractivity contribution is -0.139. The summed E-state index contributed by atoms with van der Waals surface area (Å²) in [5.74, 6) is -0.273. The van der Waals surface area contributed by atoms with E-state index >= 15 is 0 Å². The largest absolute Gasteiger partial charge is 0.493 e. The van der Waals surface area contributed by atoms with Gasteiger partial charge >= 0.3 is 0 Å². The van der Waals surface area contributed by atoms with Crippen LogP contribution in [0, 0.1) is 20.8 Å². The van der Waals surface area contributed by atoms with Crippen LogP contribution in [0.3, 0.4) is 0 Å². The summed E-state index contributed by atoms with van der Waals surface area (Å²) >= 11 is 0. The lowest BCUT2D eigenvalue weighted by Gasteiger charge is -2.32. The molecule has 0 aliphatic carbocycles. The van der Waals surface area contributed by atoms with Gasteiger partial charge in [-0.25, -0.2) is 8.42 Å². The van der Waals surface area contributed by atoms with Crippen LogP contribution in [-0.2, 0) is 26.2 Å². The molecule has 0 heterocycles. The van der Waals surface area contributed by atoms with Crippen molar-refractivity contribution in [2.45, 2.75) is 45.2 Å². The maximum absolute atomic E-state index is 14.1. The molecule has 0 bridgehead atoms. The van der Waals surface area contributed by atoms with E-state index in [2.05, 4.69) is 5.32 Å². The summed E-state index contributed by atoms with van der Waals surface area (Å²) in [5, 5.41) is 2.58. The van der Waals surface area contributed by atoms with Crippen LogP contribution in [0.15, 0.2) is 65.6 Å². The molecule has 1 atom stereocenters. The third-order valence-corrected chi connectivity index (χ3v) is 8.37. The number of rotatable bonds is 11. The van der Waals surface area contributed by atoms with Gasteiger partial charge in [-0.3, -0.25) is 13.9 Å². The van der Waals surface area contributed by atoms with Crippen LogP contribution in [0.5, 0.6) is 11.5 Å². The predicted octanol–water partition coefficient (Wildman–Crippen LogP) is 3.99. The lowest BCUT2D eigenvalue weighted by Crippen LogP contribution is -2.50. The van der Waals surface area contributed by atoms with E-state index in [9.17, 15) is 18.0 Å². The van der Waals surface area contributed by atoms with Gasteiger partial charge in [0.1, 0.15) is 12.6 Å². The highest BCUT2D eigenvalue weighted by Crippen LogP contribution is 2.33. The molecule has 0 saturated carbocycles. The molecule has 2 amide bonds. The molecule has 3 rings (SSSR count). The van der Waals surface area contributed by atoms with Gasteiger partial charge in [-0.1, -0.05) is 35.9 Å². The minimum atomic E-state index is -4.25. The first kappa shape index (κ1) is 30.5. The zero-order chi connectivity index (χ0) is 29.6. The van der Waals surface area contributed by atoms with Crippen molar-refractivity contribution in [1.82, 2.24) is 10.2 Å². The minimum absolute atomic E-state index is 0.0680. The Labute approximate surface area is 236 Å². The van der Waals surface area contributed by atoms with Crippen molar-refractivity contribution < 1.29 is 27.5 Å². The van der Waals surface area contributed by atoms with E-state index in [0.717, 1.165) is 26.6 Å². The molecule has 0 unspecified atom stereocenters. The third kappa shape index (κ3) is 6.93. The summed E-state index contributed by atoms with van der Waals surface area (Å²) in [4.78, 5) is 27.9. The van der Waals surface area contributed by atoms with Gasteiger partial charge in [-0.2, -0.15) is 0 Å². The van der Waals surface area contributed by atoms with Crippen LogP contribution in [0.4, 0.5) is 5.69 Å². The number of amides is 2. The number of benzene rings is 3. The Morgan fingerprint density at radius 2 is 1.45 bits per heavy atom. The highest BCUT2D eigenvalue weighted by atomic mass is 32.2. The van der Waals surface area contributed by atoms with Crippen molar-refractivity contribution in [2.24, 2.45) is 0 Å². The lowest BCUT2D eigenvalue weighted by atomic mass is 10.1. The predicted molar refractivity (Wildman–Crippen MR) is 155 cm³/mol. The number of hydrogen-bond donors (Lipinski definition) is 1. The van der Waals surface area contributed by atoms with Crippen LogP contribution >= 0.6 is 0 Å². The molecule has 0 fully saturated rings. The van der Waals surface area contributed by atoms with Crippen molar-refractivity contribution in [3.63, 3.8) is 0 Å². The molecule has 9 nitrogen and oxygen atoms in total. The van der Waals surface area contributed by atoms with Gasteiger partial charge in [0.05, 0.1) is 24.8 Å². The number of carbonyl (C=O) groups excluding carboxylic acids is 2. The van der Waals surface area contributed by atoms with Gasteiger partial charge in [0.25, 0.3) is 10.0 Å². The molecule has 40 heavy (non-hydrogen) atoms. The highest BCUT2D eigenvalue weighted by Gasteiger charge is 2.33. The zero-order valence-corrected chi connectivity index (χ0v) is 24.8. The van der Waals surface area contributed by atoms with E-state index in [1.54, 1.807) is 19.1 Å². The smallest absolute Gasteiger partial charge is 0.264 e. The van der Waals surface area contributed by atoms with Crippen molar-refractivity contribution in [2.75, 3.05) is 32.1 Å². The monoisotopic (exact) mass is 567 g/mol. The number of nitrogens with zero attached hydrogens (tertiary/aromatic N) is 2. The Kier molecular flexibility index (Phi) is 9.81. The fourth-order valence-electron chi connectivity index (χ4n) is 4.41. The molecule has 1 N–H and O–H groups in total. The number of aryl methyl sites for hydroxylation is 3. The SMILES string of the molecule is CNC(=O)[C@H](C)N(Cc1ccc(C)cc1)C(=O)CN(c1cc(C)cc(C)c1)S(=O)(=O)c1ccc(OC)c(OC)c1. The zero-order valence-electron chi connectivity index (χ0n) is 24.0. The Hall–Kier alpha value is -4.05. The summed E-state index contributed by atoms with van der Waals surface area (Å²) in [7, 11) is 0.123. The van der Waals surface area contributed by atoms with E-state index in [4.69, 9.17) is 9.47 Å². The molecule has 10 heteroatoms. The van der Waals surface area contributed by atoms with E-state index < -0.39 is 28.5 Å². The van der Waals surface area contributed by atoms with Crippen LogP contribution in [0.25, 0.3) is 0 Å². The van der Waals surface area contributed by atoms with Crippen molar-refractivity contribution >= 4 is 27.5 Å². The summed E-state index contributed by atoms with van der Waals surface area (Å²) in [6, 6.07) is 16.4. The quantitative estimate of drug-likeness (QED) is 0.376. The Bertz CT molecular complexity index is 1450. The number of hydrogen-bond acceptors (Lipinski definition) is 6. The number of likely N-dealkylation sites (N-methyl/N-ethyl adjacent to an activating group) is 1. The van der Waals surface area contributed by atoms with E-state index in [0.29, 0.717) is 11.4 Å². The van der Waals surface area contributed by atoms with Gasteiger partial charge < -0.3 is 19.7 Å². The highest BCUT2D eigenvalue weighted by molar-refractivity contribution is 7.92. The topological polar surface area (TPSA) is 105 Å². The summed E-state index contributed by atoms with van der Waals surface area (Å²) in [6.07, 6.45) is 0. The first-order valence-electron chi connectivity index (χ1n) is 12.8. The fraction of sp³-hybridized carbons (Fsp3) is 0.333. The van der Waals surface area contributed by atoms with Crippen LogP contribution in [0.2, 0.25) is 0 Å². The van der Waals surface area contributed by atoms with Crippen molar-refractivity contribution in [3.8, 4) is 11.5 Å². The van der Waals surface area contributed by atoms with Gasteiger partial charge in [-0.15, -0.1) is 0 Å². The molecular weight excluding hydrogens is 530 g/mol. The molecule has 0 aliphatic rings. The molecular formula is C30H37N3O6S. The van der Waals surface area contributed by atoms with Gasteiger partial charge in [0.2, 0.25) is 11.8 Å². The normalized spacial score (nSPS) is 11.9. The Morgan fingerprint density at radius 3 is 2.00 bits per heavy atom. The molecule has 0 spiro atoms. The molecule has 0 aromatic heterocycles. The molecule has 214 valence electrons. The fourth-order valence-corrected chi connectivity index (χ4v) is 5.82. The second-order valence-corrected chi connectivity index (χ2v) is 11.5. The average molecular weight is 568 g/mol. The summed E-state index contributed by atoms with van der Waals surface area (Å²) < 4.78 is 39.9. The number of ether oxygens (including phenoxy) is 2. The Balaban J connectivity index is 2.10. The van der Waals surface area contributed by atoms with Crippen LogP contribution in [-0.4, -0.2) is 59.0 Å². The van der Waals surface area contributed by atoms with E-state index in [-0.39, 0.29) is 23.1 Å². The number of nitrogens with one attached hydrogen (secondary N) is 1. The number of anilines is 1. The van der Waals surface area contributed by atoms with E-state index in [1.165, 1.54) is 44.4 Å². The number of sulfonamides is 1. The maximum atomic E-state index is 14.1. The maximum Gasteiger partial charge on any atom is 0.264 e. The van der Waals surface area contributed by atoms with Gasteiger partial charge in [-0.05, 0) is 68.7 Å². The first-order valence-corrected chi connectivity index (χ1v) is 14.2. The molecule has 0 radical (unpaired) electrons. The standard InChI is InChI=1S/C30H37N3O6S/c1-20-8-10-24(11-9-20)18-32(23(4)30(35)31-5)29(34)19-33(25-15-21(2)14-22(3)16-25)40(36,37)26-12-13-27(38-6)28(17-26)39-7/h8-17,23H,18-19H2,1-7H3,(H,31,35)/t23-/m0/s1. The van der Waals surface area contributed by atoms with Crippen LogP contribution < -0.4 is 19.1 Å². The molecule has 3 aromatic carbocycles. The third-order valence-electron chi connectivity index (χ3n) is 6.60. The number of methoxy groups -OCH3 is 2. The van der Waals surface area contributed by atoms with E-state index in [1.807, 2.05) is 51.1 Å². The second kappa shape index (κ2) is 12.9. The second-order valence-electron chi connectivity index (χ2n) is 9.67. The van der Waals surface area contributed by atoms with Crippen LogP contribution in [0.1, 0.15) is 29.2 Å². The van der Waals surface area contributed by atoms with Crippen molar-refractivity contribution in [3.05, 3.63) is 82.9 Å². The molecule has 0 aliphatic heterocycles. The first-order chi connectivity index (χ1) is 18.9. The van der Waals surface area contributed by atoms with Crippen molar-refractivity contribution in [1.29, 1.82) is 0 Å². The Morgan fingerprint density at radius 1 is 0.850 bits per heavy atom. The molecule has 3 aromatic rings. The molecule has 0 saturated heterocycles.